The number of benzene rings is 2. The Morgan fingerprint density at radius 1 is 1.05 bits per heavy atom. The Bertz CT molecular complexity index is 1010. The number of carbonyl (C=O) groups is 1. The summed E-state index contributed by atoms with van der Waals surface area (Å²) in [6, 6.07) is 15.3. The molecule has 11 heteroatoms. The summed E-state index contributed by atoms with van der Waals surface area (Å²) in [4.78, 5) is 12.0. The first-order chi connectivity index (χ1) is 18.7. The van der Waals surface area contributed by atoms with Gasteiger partial charge in [0.25, 0.3) is 0 Å². The molecule has 2 atom stereocenters. The third-order valence-corrected chi connectivity index (χ3v) is 6.44. The fourth-order valence-electron chi connectivity index (χ4n) is 2.27. The summed E-state index contributed by atoms with van der Waals surface area (Å²) in [6.07, 6.45) is 3.79. The van der Waals surface area contributed by atoms with E-state index in [9.17, 15) is 18.3 Å². The lowest BCUT2D eigenvalue weighted by Gasteiger charge is -2.10. The minimum absolute atomic E-state index is 0.102. The maximum atomic E-state index is 10.8. The number of ether oxygens (including phenoxy) is 2. The molecule has 2 unspecified atom stereocenters. The minimum atomic E-state index is -4.16. The van der Waals surface area contributed by atoms with Crippen molar-refractivity contribution in [1.29, 1.82) is 0 Å². The highest BCUT2D eigenvalue weighted by atomic mass is 35.5. The van der Waals surface area contributed by atoms with Crippen LogP contribution in [0.5, 0.6) is 5.75 Å². The molecule has 0 spiro atoms. The van der Waals surface area contributed by atoms with Crippen LogP contribution in [0.3, 0.4) is 0 Å². The Labute approximate surface area is 250 Å². The molecule has 0 aliphatic heterocycles. The molecule has 230 valence electrons. The second-order valence-electron chi connectivity index (χ2n) is 8.44. The Morgan fingerprint density at radius 3 is 1.93 bits per heavy atom. The summed E-state index contributed by atoms with van der Waals surface area (Å²) in [5, 5.41) is 10.1. The molecule has 40 heavy (non-hydrogen) atoms. The van der Waals surface area contributed by atoms with Crippen LogP contribution in [0.25, 0.3) is 0 Å². The summed E-state index contributed by atoms with van der Waals surface area (Å²) in [6.45, 7) is 16.1. The molecule has 0 aromatic heterocycles. The highest BCUT2D eigenvalue weighted by molar-refractivity contribution is 7.95. The zero-order chi connectivity index (χ0) is 31.7. The van der Waals surface area contributed by atoms with Gasteiger partial charge >= 0.3 is 16.4 Å². The SMILES string of the molecule is C=CCC(=O)OC(C)COC.CC.CC(C)C.COS(=O)(=O)O.C[S+](Cc1ccccc1Cl)c1ccc(O)cc1. The molecule has 0 saturated heterocycles. The summed E-state index contributed by atoms with van der Waals surface area (Å²) in [7, 11) is -1.62. The highest BCUT2D eigenvalue weighted by Gasteiger charge is 2.17. The Hall–Kier alpha value is -2.08. The molecule has 0 amide bonds. The first-order valence-corrected chi connectivity index (χ1v) is 16.2. The van der Waals surface area contributed by atoms with Crippen LogP contribution in [-0.4, -0.2) is 57.2 Å². The van der Waals surface area contributed by atoms with Gasteiger partial charge in [-0.3, -0.25) is 13.5 Å². The average Bonchev–Trinajstić information content (AvgIpc) is 2.87. The van der Waals surface area contributed by atoms with Crippen LogP contribution in [-0.2, 0) is 45.5 Å². The van der Waals surface area contributed by atoms with Gasteiger partial charge in [-0.2, -0.15) is 8.42 Å². The molecule has 2 aromatic rings. The van der Waals surface area contributed by atoms with E-state index >= 15 is 0 Å². The zero-order valence-electron chi connectivity index (χ0n) is 25.2. The van der Waals surface area contributed by atoms with Crippen LogP contribution in [0.2, 0.25) is 5.02 Å². The predicted molar refractivity (Wildman–Crippen MR) is 167 cm³/mol. The van der Waals surface area contributed by atoms with Gasteiger partial charge in [-0.15, -0.1) is 6.58 Å². The van der Waals surface area contributed by atoms with Crippen LogP contribution in [0.4, 0.5) is 0 Å². The van der Waals surface area contributed by atoms with Crippen LogP contribution >= 0.6 is 11.6 Å². The number of rotatable bonds is 9. The van der Waals surface area contributed by atoms with Gasteiger partial charge in [0.2, 0.25) is 0 Å². The van der Waals surface area contributed by atoms with Crippen molar-refractivity contribution in [2.24, 2.45) is 5.92 Å². The molecule has 0 aliphatic rings. The van der Waals surface area contributed by atoms with Crippen molar-refractivity contribution in [1.82, 2.24) is 0 Å². The van der Waals surface area contributed by atoms with Gasteiger partial charge in [0, 0.05) is 28.6 Å². The Kier molecular flexibility index (Phi) is 27.4. The minimum Gasteiger partial charge on any atom is -0.508 e. The second-order valence-corrected chi connectivity index (χ2v) is 12.1. The quantitative estimate of drug-likeness (QED) is 0.131. The molecule has 0 heterocycles. The van der Waals surface area contributed by atoms with E-state index in [1.165, 1.54) is 16.5 Å². The van der Waals surface area contributed by atoms with E-state index in [1.807, 2.05) is 44.2 Å². The highest BCUT2D eigenvalue weighted by Crippen LogP contribution is 2.23. The van der Waals surface area contributed by atoms with Gasteiger partial charge in [0.1, 0.15) is 23.9 Å². The van der Waals surface area contributed by atoms with Gasteiger partial charge in [-0.1, -0.05) is 70.5 Å². The third-order valence-electron chi connectivity index (χ3n) is 3.82. The van der Waals surface area contributed by atoms with Crippen molar-refractivity contribution in [3.8, 4) is 5.75 Å². The van der Waals surface area contributed by atoms with E-state index < -0.39 is 10.4 Å². The van der Waals surface area contributed by atoms with Crippen molar-refractivity contribution < 1.29 is 36.5 Å². The molecule has 0 fully saturated rings. The monoisotopic (exact) mass is 623 g/mol. The topological polar surface area (TPSA) is 119 Å². The predicted octanol–water partition coefficient (Wildman–Crippen LogP) is 7.12. The zero-order valence-corrected chi connectivity index (χ0v) is 27.6. The van der Waals surface area contributed by atoms with Gasteiger partial charge < -0.3 is 14.6 Å². The van der Waals surface area contributed by atoms with Crippen molar-refractivity contribution in [3.05, 3.63) is 71.8 Å². The molecule has 2 rings (SSSR count). The van der Waals surface area contributed by atoms with Crippen LogP contribution in [0.15, 0.2) is 66.1 Å². The maximum absolute atomic E-state index is 10.8. The second kappa shape index (κ2) is 25.9. The molecule has 0 bridgehead atoms. The number of hydrogen-bond donors (Lipinski definition) is 2. The lowest BCUT2D eigenvalue weighted by atomic mass is 10.2. The standard InChI is InChI=1S/C14H13ClOS.C8H14O3.C4H10.C2H6.CH4O4S/c1-17(13-8-6-12(16)7-9-13)10-11-4-2-3-5-14(11)15;1-4-5-8(9)11-7(2)6-10-3;1-4(2)3;1-2;1-5-6(2,3)4/h2-9H,10H2,1H3;4,7H,1,5-6H2,2-3H3;4H,1-3H3;1-2H3;1H3,(H,2,3,4)/p+1. The summed E-state index contributed by atoms with van der Waals surface area (Å²) in [5.41, 5.74) is 1.17. The van der Waals surface area contributed by atoms with Crippen molar-refractivity contribution in [2.75, 3.05) is 27.1 Å². The van der Waals surface area contributed by atoms with Crippen molar-refractivity contribution >= 4 is 38.9 Å². The van der Waals surface area contributed by atoms with Gasteiger partial charge in [0.05, 0.1) is 20.1 Å². The fraction of sp³-hybridized carbons (Fsp3) is 0.483. The molecule has 2 aromatic carbocycles. The van der Waals surface area contributed by atoms with E-state index in [4.69, 9.17) is 25.6 Å². The summed E-state index contributed by atoms with van der Waals surface area (Å²) >= 11 is 6.15. The van der Waals surface area contributed by atoms with E-state index in [2.05, 4.69) is 43.9 Å². The number of carbonyl (C=O) groups excluding carboxylic acids is 1. The molecule has 0 saturated carbocycles. The first-order valence-electron chi connectivity index (χ1n) is 12.6. The van der Waals surface area contributed by atoms with E-state index in [0.717, 1.165) is 23.8 Å². The molecule has 2 N–H and O–H groups in total. The number of esters is 1. The van der Waals surface area contributed by atoms with E-state index in [0.29, 0.717) is 12.4 Å². The number of aromatic hydroxyl groups is 1. The van der Waals surface area contributed by atoms with Gasteiger partial charge in [-0.05, 0) is 43.2 Å². The maximum Gasteiger partial charge on any atom is 0.397 e. The number of phenols is 1. The smallest absolute Gasteiger partial charge is 0.397 e. The molecular formula is C29H48ClO8S2+. The van der Waals surface area contributed by atoms with Crippen LogP contribution < -0.4 is 0 Å². The molecule has 8 nitrogen and oxygen atoms in total. The number of halogens is 1. The Morgan fingerprint density at radius 2 is 1.52 bits per heavy atom. The molecular weight excluding hydrogens is 576 g/mol. The molecule has 0 aliphatic carbocycles. The largest absolute Gasteiger partial charge is 0.508 e. The number of phenolic OH excluding ortho intramolecular Hbond substituents is 1. The summed E-state index contributed by atoms with van der Waals surface area (Å²) in [5.74, 6) is 1.82. The van der Waals surface area contributed by atoms with Crippen molar-refractivity contribution in [2.45, 2.75) is 64.7 Å². The van der Waals surface area contributed by atoms with Crippen LogP contribution in [0, 0.1) is 5.92 Å². The van der Waals surface area contributed by atoms with E-state index in [-0.39, 0.29) is 29.4 Å². The average molecular weight is 624 g/mol. The fourth-order valence-corrected chi connectivity index (χ4v) is 4.04. The lowest BCUT2D eigenvalue weighted by molar-refractivity contribution is -0.149. The van der Waals surface area contributed by atoms with Gasteiger partial charge in [-0.25, -0.2) is 0 Å². The number of hydrogen-bond acceptors (Lipinski definition) is 7. The van der Waals surface area contributed by atoms with Crippen LogP contribution in [0.1, 0.15) is 53.5 Å². The number of methoxy groups -OCH3 is 1. The van der Waals surface area contributed by atoms with E-state index in [1.54, 1.807) is 26.2 Å². The van der Waals surface area contributed by atoms with Gasteiger partial charge in [0.15, 0.2) is 4.90 Å². The normalized spacial score (nSPS) is 11.4. The Balaban J connectivity index is -0.000000512. The molecule has 0 radical (unpaired) electrons. The third kappa shape index (κ3) is 27.5. The lowest BCUT2D eigenvalue weighted by Crippen LogP contribution is -2.18. The summed E-state index contributed by atoms with van der Waals surface area (Å²) < 4.78 is 39.4. The first kappa shape index (κ1) is 42.4. The van der Waals surface area contributed by atoms with Crippen molar-refractivity contribution in [3.63, 3.8) is 0 Å².